The van der Waals surface area contributed by atoms with E-state index in [1.54, 1.807) is 0 Å². The predicted octanol–water partition coefficient (Wildman–Crippen LogP) is 3.24. The molecule has 0 saturated heterocycles. The van der Waals surface area contributed by atoms with Crippen LogP contribution in [0, 0.1) is 6.92 Å². The second-order valence-corrected chi connectivity index (χ2v) is 5.71. The minimum atomic E-state index is -0.151. The number of rotatable bonds is 5. The quantitative estimate of drug-likeness (QED) is 0.853. The summed E-state index contributed by atoms with van der Waals surface area (Å²) < 4.78 is 0. The Morgan fingerprint density at radius 3 is 2.42 bits per heavy atom. The standard InChI is InChI=1S/C16H24N2O/c1-4-16(10-5-11-16)18-13(3)15(19)17-14-8-6-12(2)7-9-14/h6-9,13,18H,4-5,10-11H2,1-3H3,(H,17,19). The van der Waals surface area contributed by atoms with Crippen LogP contribution in [0.4, 0.5) is 5.69 Å². The minimum Gasteiger partial charge on any atom is -0.325 e. The first-order valence-corrected chi connectivity index (χ1v) is 7.20. The van der Waals surface area contributed by atoms with Crippen LogP contribution < -0.4 is 10.6 Å². The molecule has 0 aromatic heterocycles. The molecule has 1 aromatic rings. The van der Waals surface area contributed by atoms with Crippen molar-refractivity contribution in [3.63, 3.8) is 0 Å². The Kier molecular flexibility index (Phi) is 4.25. The fourth-order valence-electron chi connectivity index (χ4n) is 2.62. The van der Waals surface area contributed by atoms with Gasteiger partial charge in [-0.1, -0.05) is 24.6 Å². The maximum absolute atomic E-state index is 12.2. The Morgan fingerprint density at radius 1 is 1.32 bits per heavy atom. The molecule has 2 rings (SSSR count). The Balaban J connectivity index is 1.90. The molecule has 19 heavy (non-hydrogen) atoms. The van der Waals surface area contributed by atoms with Crippen LogP contribution in [0.2, 0.25) is 0 Å². The van der Waals surface area contributed by atoms with Crippen molar-refractivity contribution in [2.75, 3.05) is 5.32 Å². The van der Waals surface area contributed by atoms with Gasteiger partial charge in [0, 0.05) is 11.2 Å². The van der Waals surface area contributed by atoms with Crippen LogP contribution in [0.15, 0.2) is 24.3 Å². The van der Waals surface area contributed by atoms with Crippen molar-refractivity contribution >= 4 is 11.6 Å². The van der Waals surface area contributed by atoms with Gasteiger partial charge >= 0.3 is 0 Å². The molecule has 1 atom stereocenters. The van der Waals surface area contributed by atoms with E-state index in [4.69, 9.17) is 0 Å². The van der Waals surface area contributed by atoms with Gasteiger partial charge in [-0.25, -0.2) is 0 Å². The van der Waals surface area contributed by atoms with Gasteiger partial charge < -0.3 is 10.6 Å². The third-order valence-corrected chi connectivity index (χ3v) is 4.22. The van der Waals surface area contributed by atoms with Gasteiger partial charge in [-0.15, -0.1) is 0 Å². The number of hydrogen-bond acceptors (Lipinski definition) is 2. The molecule has 1 unspecified atom stereocenters. The smallest absolute Gasteiger partial charge is 0.241 e. The van der Waals surface area contributed by atoms with Crippen molar-refractivity contribution in [2.24, 2.45) is 0 Å². The maximum Gasteiger partial charge on any atom is 0.241 e. The largest absolute Gasteiger partial charge is 0.325 e. The van der Waals surface area contributed by atoms with E-state index < -0.39 is 0 Å². The third kappa shape index (κ3) is 3.35. The van der Waals surface area contributed by atoms with Gasteiger partial charge in [0.1, 0.15) is 0 Å². The minimum absolute atomic E-state index is 0.0450. The zero-order valence-electron chi connectivity index (χ0n) is 12.1. The maximum atomic E-state index is 12.2. The van der Waals surface area contributed by atoms with E-state index in [1.165, 1.54) is 24.8 Å². The number of nitrogens with one attached hydrogen (secondary N) is 2. The number of hydrogen-bond donors (Lipinski definition) is 2. The van der Waals surface area contributed by atoms with Gasteiger partial charge in [-0.2, -0.15) is 0 Å². The topological polar surface area (TPSA) is 41.1 Å². The first kappa shape index (κ1) is 14.1. The van der Waals surface area contributed by atoms with E-state index in [-0.39, 0.29) is 17.5 Å². The van der Waals surface area contributed by atoms with Gasteiger partial charge in [0.25, 0.3) is 0 Å². The molecule has 0 spiro atoms. The van der Waals surface area contributed by atoms with Crippen LogP contribution in [0.25, 0.3) is 0 Å². The Bertz CT molecular complexity index is 429. The van der Waals surface area contributed by atoms with Gasteiger partial charge in [0.15, 0.2) is 0 Å². The highest BCUT2D eigenvalue weighted by atomic mass is 16.2. The summed E-state index contributed by atoms with van der Waals surface area (Å²) >= 11 is 0. The number of amides is 1. The summed E-state index contributed by atoms with van der Waals surface area (Å²) in [5, 5.41) is 6.46. The number of benzene rings is 1. The van der Waals surface area contributed by atoms with E-state index in [0.717, 1.165) is 12.1 Å². The fourth-order valence-corrected chi connectivity index (χ4v) is 2.62. The lowest BCUT2D eigenvalue weighted by molar-refractivity contribution is -0.118. The van der Waals surface area contributed by atoms with Crippen LogP contribution in [-0.2, 0) is 4.79 Å². The molecule has 1 fully saturated rings. The summed E-state index contributed by atoms with van der Waals surface area (Å²) in [6, 6.07) is 7.75. The highest BCUT2D eigenvalue weighted by molar-refractivity contribution is 5.94. The molecule has 1 amide bonds. The third-order valence-electron chi connectivity index (χ3n) is 4.22. The Labute approximate surface area is 115 Å². The number of anilines is 1. The van der Waals surface area contributed by atoms with Crippen LogP contribution in [-0.4, -0.2) is 17.5 Å². The van der Waals surface area contributed by atoms with Crippen molar-refractivity contribution in [3.8, 4) is 0 Å². The first-order valence-electron chi connectivity index (χ1n) is 7.20. The summed E-state index contributed by atoms with van der Waals surface area (Å²) in [5.74, 6) is 0.0450. The second-order valence-electron chi connectivity index (χ2n) is 5.71. The molecule has 0 heterocycles. The van der Waals surface area contributed by atoms with E-state index in [0.29, 0.717) is 0 Å². The highest BCUT2D eigenvalue weighted by Crippen LogP contribution is 2.35. The monoisotopic (exact) mass is 260 g/mol. The van der Waals surface area contributed by atoms with Crippen LogP contribution in [0.1, 0.15) is 45.1 Å². The Hall–Kier alpha value is -1.35. The molecule has 1 aromatic carbocycles. The van der Waals surface area contributed by atoms with Crippen molar-refractivity contribution in [1.82, 2.24) is 5.32 Å². The zero-order chi connectivity index (χ0) is 13.9. The molecular formula is C16H24N2O. The van der Waals surface area contributed by atoms with Crippen LogP contribution >= 0.6 is 0 Å². The number of carbonyl (C=O) groups excluding carboxylic acids is 1. The molecule has 1 saturated carbocycles. The molecule has 1 aliphatic carbocycles. The summed E-state index contributed by atoms with van der Waals surface area (Å²) in [6.07, 6.45) is 4.74. The summed E-state index contributed by atoms with van der Waals surface area (Å²) in [5.41, 5.74) is 2.26. The van der Waals surface area contributed by atoms with Crippen LogP contribution in [0.3, 0.4) is 0 Å². The molecule has 0 radical (unpaired) electrons. The molecule has 0 bridgehead atoms. The van der Waals surface area contributed by atoms with Crippen molar-refractivity contribution < 1.29 is 4.79 Å². The van der Waals surface area contributed by atoms with Gasteiger partial charge in [0.05, 0.1) is 6.04 Å². The predicted molar refractivity (Wildman–Crippen MR) is 79.3 cm³/mol. The van der Waals surface area contributed by atoms with Gasteiger partial charge in [-0.3, -0.25) is 4.79 Å². The zero-order valence-corrected chi connectivity index (χ0v) is 12.1. The molecule has 2 N–H and O–H groups in total. The first-order chi connectivity index (χ1) is 9.04. The fraction of sp³-hybridized carbons (Fsp3) is 0.562. The molecule has 1 aliphatic rings. The van der Waals surface area contributed by atoms with E-state index in [1.807, 2.05) is 38.1 Å². The average Bonchev–Trinajstić information content (AvgIpc) is 2.36. The number of carbonyl (C=O) groups is 1. The lowest BCUT2D eigenvalue weighted by Gasteiger charge is -2.44. The molecule has 0 aliphatic heterocycles. The second kappa shape index (κ2) is 5.74. The summed E-state index contributed by atoms with van der Waals surface area (Å²) in [6.45, 7) is 6.17. The van der Waals surface area contributed by atoms with E-state index in [9.17, 15) is 4.79 Å². The van der Waals surface area contributed by atoms with Crippen molar-refractivity contribution in [3.05, 3.63) is 29.8 Å². The normalized spacial score (nSPS) is 18.5. The molecule has 3 nitrogen and oxygen atoms in total. The van der Waals surface area contributed by atoms with E-state index in [2.05, 4.69) is 17.6 Å². The van der Waals surface area contributed by atoms with Crippen LogP contribution in [0.5, 0.6) is 0 Å². The lowest BCUT2D eigenvalue weighted by atomic mass is 9.74. The summed E-state index contributed by atoms with van der Waals surface area (Å²) in [4.78, 5) is 12.2. The molecule has 104 valence electrons. The highest BCUT2D eigenvalue weighted by Gasteiger charge is 2.36. The molecular weight excluding hydrogens is 236 g/mol. The molecule has 3 heteroatoms. The Morgan fingerprint density at radius 2 is 1.95 bits per heavy atom. The summed E-state index contributed by atoms with van der Waals surface area (Å²) in [7, 11) is 0. The lowest BCUT2D eigenvalue weighted by Crippen LogP contribution is -2.56. The van der Waals surface area contributed by atoms with Crippen molar-refractivity contribution in [2.45, 2.75) is 58.0 Å². The van der Waals surface area contributed by atoms with Crippen molar-refractivity contribution in [1.29, 1.82) is 0 Å². The number of aryl methyl sites for hydroxylation is 1. The van der Waals surface area contributed by atoms with Gasteiger partial charge in [-0.05, 0) is 51.7 Å². The van der Waals surface area contributed by atoms with E-state index >= 15 is 0 Å². The van der Waals surface area contributed by atoms with Gasteiger partial charge in [0.2, 0.25) is 5.91 Å². The average molecular weight is 260 g/mol. The SMILES string of the molecule is CCC1(NC(C)C(=O)Nc2ccc(C)cc2)CCC1.